The van der Waals surface area contributed by atoms with Gasteiger partial charge < -0.3 is 0 Å². The van der Waals surface area contributed by atoms with E-state index in [1.54, 1.807) is 23.9 Å². The van der Waals surface area contributed by atoms with Gasteiger partial charge in [-0.2, -0.15) is 5.26 Å². The Morgan fingerprint density at radius 3 is 2.53 bits per heavy atom. The third-order valence-electron chi connectivity index (χ3n) is 2.18. The minimum Gasteiger partial charge on any atom is -0.300 e. The van der Waals surface area contributed by atoms with Gasteiger partial charge in [-0.3, -0.25) is 5.32 Å². The van der Waals surface area contributed by atoms with Crippen LogP contribution >= 0.6 is 11.8 Å². The molecule has 0 saturated carbocycles. The molecule has 4 heteroatoms. The van der Waals surface area contributed by atoms with Crippen LogP contribution in [0.1, 0.15) is 20.3 Å². The Morgan fingerprint density at radius 1 is 1.35 bits per heavy atom. The molecular weight excluding hydrogens is 235 g/mol. The third kappa shape index (κ3) is 5.71. The van der Waals surface area contributed by atoms with Crippen molar-refractivity contribution in [2.45, 2.75) is 37.2 Å². The van der Waals surface area contributed by atoms with Gasteiger partial charge in [0.05, 0.1) is 12.1 Å². The number of benzene rings is 1. The fourth-order valence-corrected chi connectivity index (χ4v) is 2.33. The summed E-state index contributed by atoms with van der Waals surface area (Å²) in [6, 6.07) is 8.88. The second-order valence-electron chi connectivity index (χ2n) is 4.09. The van der Waals surface area contributed by atoms with Crippen molar-refractivity contribution in [3.05, 3.63) is 30.1 Å². The van der Waals surface area contributed by atoms with Crippen molar-refractivity contribution in [1.29, 1.82) is 5.26 Å². The molecule has 1 aromatic carbocycles. The minimum atomic E-state index is -0.217. The maximum Gasteiger partial charge on any atom is 0.123 e. The molecule has 0 aliphatic rings. The number of nitrogens with zero attached hydrogens (tertiary/aromatic N) is 1. The first-order valence-corrected chi connectivity index (χ1v) is 6.64. The molecule has 0 aliphatic carbocycles. The molecule has 0 amide bonds. The summed E-state index contributed by atoms with van der Waals surface area (Å²) in [5.41, 5.74) is 0. The molecule has 0 fully saturated rings. The number of hydrogen-bond acceptors (Lipinski definition) is 3. The summed E-state index contributed by atoms with van der Waals surface area (Å²) >= 11 is 1.64. The van der Waals surface area contributed by atoms with Gasteiger partial charge in [0.2, 0.25) is 0 Å². The Hall–Kier alpha value is -1.05. The highest BCUT2D eigenvalue weighted by Crippen LogP contribution is 2.19. The van der Waals surface area contributed by atoms with Crippen LogP contribution in [-0.4, -0.2) is 17.8 Å². The van der Waals surface area contributed by atoms with Crippen LogP contribution in [0, 0.1) is 17.1 Å². The minimum absolute atomic E-state index is 0.108. The Labute approximate surface area is 106 Å². The molecule has 1 aromatic rings. The second kappa shape index (κ2) is 7.31. The SMILES string of the molecule is CC(C)NC(C#N)CCSc1ccc(F)cc1. The molecule has 0 heterocycles. The molecular formula is C13H17FN2S. The number of halogens is 1. The predicted octanol–water partition coefficient (Wildman–Crippen LogP) is 3.20. The highest BCUT2D eigenvalue weighted by molar-refractivity contribution is 7.99. The molecule has 1 unspecified atom stereocenters. The van der Waals surface area contributed by atoms with Crippen molar-refractivity contribution >= 4 is 11.8 Å². The number of nitrogens with one attached hydrogen (secondary N) is 1. The van der Waals surface area contributed by atoms with E-state index >= 15 is 0 Å². The lowest BCUT2D eigenvalue weighted by atomic mass is 10.2. The zero-order valence-electron chi connectivity index (χ0n) is 10.1. The van der Waals surface area contributed by atoms with E-state index in [4.69, 9.17) is 5.26 Å². The van der Waals surface area contributed by atoms with Gasteiger partial charge in [-0.25, -0.2) is 4.39 Å². The molecule has 2 nitrogen and oxygen atoms in total. The van der Waals surface area contributed by atoms with Crippen molar-refractivity contribution in [2.75, 3.05) is 5.75 Å². The van der Waals surface area contributed by atoms with E-state index in [0.29, 0.717) is 6.04 Å². The van der Waals surface area contributed by atoms with Crippen LogP contribution in [0.25, 0.3) is 0 Å². The summed E-state index contributed by atoms with van der Waals surface area (Å²) < 4.78 is 12.7. The molecule has 0 aliphatic heterocycles. The highest BCUT2D eigenvalue weighted by Gasteiger charge is 2.08. The smallest absolute Gasteiger partial charge is 0.123 e. The van der Waals surface area contributed by atoms with Gasteiger partial charge in [0, 0.05) is 16.7 Å². The van der Waals surface area contributed by atoms with Gasteiger partial charge >= 0.3 is 0 Å². The topological polar surface area (TPSA) is 35.8 Å². The zero-order valence-corrected chi connectivity index (χ0v) is 10.9. The van der Waals surface area contributed by atoms with Crippen LogP contribution in [-0.2, 0) is 0 Å². The first kappa shape index (κ1) is 14.0. The first-order chi connectivity index (χ1) is 8.11. The van der Waals surface area contributed by atoms with Crippen molar-refractivity contribution in [3.63, 3.8) is 0 Å². The van der Waals surface area contributed by atoms with E-state index in [2.05, 4.69) is 11.4 Å². The zero-order chi connectivity index (χ0) is 12.7. The summed E-state index contributed by atoms with van der Waals surface area (Å²) in [4.78, 5) is 1.03. The van der Waals surface area contributed by atoms with Crippen LogP contribution in [0.2, 0.25) is 0 Å². The predicted molar refractivity (Wildman–Crippen MR) is 69.4 cm³/mol. The summed E-state index contributed by atoms with van der Waals surface area (Å²) in [5, 5.41) is 12.1. The molecule has 1 rings (SSSR count). The van der Waals surface area contributed by atoms with Gasteiger partial charge in [-0.15, -0.1) is 11.8 Å². The largest absolute Gasteiger partial charge is 0.300 e. The first-order valence-electron chi connectivity index (χ1n) is 5.66. The van der Waals surface area contributed by atoms with E-state index in [1.807, 2.05) is 13.8 Å². The van der Waals surface area contributed by atoms with Gasteiger partial charge in [0.15, 0.2) is 0 Å². The Balaban J connectivity index is 2.31. The number of rotatable bonds is 6. The maximum atomic E-state index is 12.7. The van der Waals surface area contributed by atoms with E-state index in [-0.39, 0.29) is 11.9 Å². The highest BCUT2D eigenvalue weighted by atomic mass is 32.2. The maximum absolute atomic E-state index is 12.7. The molecule has 0 saturated heterocycles. The average molecular weight is 252 g/mol. The van der Waals surface area contributed by atoms with Crippen LogP contribution in [0.4, 0.5) is 4.39 Å². The normalized spacial score (nSPS) is 12.4. The fraction of sp³-hybridized carbons (Fsp3) is 0.462. The molecule has 0 aromatic heterocycles. The third-order valence-corrected chi connectivity index (χ3v) is 3.22. The lowest BCUT2D eigenvalue weighted by Crippen LogP contribution is -2.33. The quantitative estimate of drug-likeness (QED) is 0.790. The molecule has 1 atom stereocenters. The Bertz CT molecular complexity index is 370. The lowest BCUT2D eigenvalue weighted by molar-refractivity contribution is 0.522. The number of nitriles is 1. The van der Waals surface area contributed by atoms with E-state index in [1.165, 1.54) is 12.1 Å². The molecule has 0 radical (unpaired) electrons. The molecule has 0 bridgehead atoms. The van der Waals surface area contributed by atoms with Crippen LogP contribution in [0.5, 0.6) is 0 Å². The number of thioether (sulfide) groups is 1. The standard InChI is InChI=1S/C13H17FN2S/c1-10(2)16-12(9-15)7-8-17-13-5-3-11(14)4-6-13/h3-6,10,12,16H,7-8H2,1-2H3. The van der Waals surface area contributed by atoms with Crippen LogP contribution < -0.4 is 5.32 Å². The lowest BCUT2D eigenvalue weighted by Gasteiger charge is -2.13. The van der Waals surface area contributed by atoms with E-state index in [0.717, 1.165) is 17.1 Å². The van der Waals surface area contributed by atoms with Gasteiger partial charge in [-0.1, -0.05) is 0 Å². The second-order valence-corrected chi connectivity index (χ2v) is 5.26. The molecule has 92 valence electrons. The van der Waals surface area contributed by atoms with Gasteiger partial charge in [0.1, 0.15) is 5.82 Å². The van der Waals surface area contributed by atoms with Crippen LogP contribution in [0.3, 0.4) is 0 Å². The summed E-state index contributed by atoms with van der Waals surface area (Å²) in [6.07, 6.45) is 0.788. The van der Waals surface area contributed by atoms with Crippen molar-refractivity contribution in [3.8, 4) is 6.07 Å². The van der Waals surface area contributed by atoms with Crippen molar-refractivity contribution in [2.24, 2.45) is 0 Å². The fourth-order valence-electron chi connectivity index (χ4n) is 1.41. The van der Waals surface area contributed by atoms with Gasteiger partial charge in [0.25, 0.3) is 0 Å². The van der Waals surface area contributed by atoms with Crippen molar-refractivity contribution in [1.82, 2.24) is 5.32 Å². The number of hydrogen-bond donors (Lipinski definition) is 1. The molecule has 17 heavy (non-hydrogen) atoms. The van der Waals surface area contributed by atoms with E-state index in [9.17, 15) is 4.39 Å². The Morgan fingerprint density at radius 2 is 2.00 bits per heavy atom. The monoisotopic (exact) mass is 252 g/mol. The molecule has 0 spiro atoms. The average Bonchev–Trinajstić information content (AvgIpc) is 2.30. The summed E-state index contributed by atoms with van der Waals surface area (Å²) in [6.45, 7) is 4.05. The van der Waals surface area contributed by atoms with Crippen LogP contribution in [0.15, 0.2) is 29.2 Å². The summed E-state index contributed by atoms with van der Waals surface area (Å²) in [7, 11) is 0. The van der Waals surface area contributed by atoms with Crippen molar-refractivity contribution < 1.29 is 4.39 Å². The van der Waals surface area contributed by atoms with E-state index < -0.39 is 0 Å². The molecule has 1 N–H and O–H groups in total. The summed E-state index contributed by atoms with van der Waals surface area (Å²) in [5.74, 6) is 0.634. The van der Waals surface area contributed by atoms with Gasteiger partial charge in [-0.05, 0) is 44.5 Å². The Kier molecular flexibility index (Phi) is 6.03.